The van der Waals surface area contributed by atoms with Gasteiger partial charge in [0.25, 0.3) is 5.91 Å². The first kappa shape index (κ1) is 13.6. The van der Waals surface area contributed by atoms with E-state index >= 15 is 0 Å². The molecule has 1 fully saturated rings. The summed E-state index contributed by atoms with van der Waals surface area (Å²) in [6, 6.07) is 5.13. The van der Waals surface area contributed by atoms with Crippen LogP contribution in [0.3, 0.4) is 0 Å². The summed E-state index contributed by atoms with van der Waals surface area (Å²) in [5.74, 6) is 0.00528. The monoisotopic (exact) mass is 361 g/mol. The summed E-state index contributed by atoms with van der Waals surface area (Å²) >= 11 is 2.02. The molecule has 0 radical (unpaired) electrons. The number of rotatable bonds is 4. The van der Waals surface area contributed by atoms with E-state index < -0.39 is 0 Å². The van der Waals surface area contributed by atoms with Gasteiger partial charge in [-0.2, -0.15) is 0 Å². The van der Waals surface area contributed by atoms with Crippen molar-refractivity contribution in [3.8, 4) is 5.75 Å². The second kappa shape index (κ2) is 5.88. The Hall–Kier alpha value is -0.820. The maximum Gasteiger partial charge on any atom is 0.251 e. The number of phenols is 1. The van der Waals surface area contributed by atoms with Gasteiger partial charge in [0.2, 0.25) is 0 Å². The van der Waals surface area contributed by atoms with Crippen LogP contribution >= 0.6 is 22.6 Å². The fraction of sp³-hybridized carbons (Fsp3) is 0.462. The Labute approximate surface area is 120 Å². The Morgan fingerprint density at radius 3 is 2.89 bits per heavy atom. The van der Waals surface area contributed by atoms with Crippen LogP contribution in [0.2, 0.25) is 0 Å². The number of hydrogen-bond acceptors (Lipinski definition) is 3. The Bertz CT molecular complexity index is 444. The summed E-state index contributed by atoms with van der Waals surface area (Å²) in [5, 5.41) is 12.5. The first-order chi connectivity index (χ1) is 8.60. The number of phenolic OH excluding ortho intramolecular Hbond substituents is 1. The van der Waals surface area contributed by atoms with Crippen molar-refractivity contribution in [2.24, 2.45) is 0 Å². The van der Waals surface area contributed by atoms with Gasteiger partial charge in [-0.3, -0.25) is 4.79 Å². The third-order valence-electron chi connectivity index (χ3n) is 3.04. The molecule has 1 aromatic rings. The minimum Gasteiger partial charge on any atom is -0.507 e. The summed E-state index contributed by atoms with van der Waals surface area (Å²) in [6.45, 7) is 2.69. The van der Waals surface area contributed by atoms with Crippen molar-refractivity contribution in [2.45, 2.75) is 31.9 Å². The molecular weight excluding hydrogens is 345 g/mol. The molecule has 0 heterocycles. The molecule has 0 bridgehead atoms. The molecule has 1 aliphatic rings. The molecule has 0 aromatic heterocycles. The van der Waals surface area contributed by atoms with Gasteiger partial charge in [0.15, 0.2) is 0 Å². The summed E-state index contributed by atoms with van der Waals surface area (Å²) in [6.07, 6.45) is 2.02. The molecule has 4 nitrogen and oxygen atoms in total. The highest BCUT2D eigenvalue weighted by Gasteiger charge is 2.30. The molecule has 2 N–H and O–H groups in total. The third-order valence-corrected chi connectivity index (χ3v) is 3.95. The fourth-order valence-corrected chi connectivity index (χ4v) is 2.31. The van der Waals surface area contributed by atoms with Gasteiger partial charge in [0.05, 0.1) is 9.67 Å². The van der Waals surface area contributed by atoms with E-state index in [9.17, 15) is 9.90 Å². The normalized spacial score (nSPS) is 22.3. The zero-order chi connectivity index (χ0) is 13.1. The van der Waals surface area contributed by atoms with E-state index in [2.05, 4.69) is 5.32 Å². The molecule has 98 valence electrons. The fourth-order valence-electron chi connectivity index (χ4n) is 1.98. The lowest BCUT2D eigenvalue weighted by Crippen LogP contribution is -2.47. The Balaban J connectivity index is 1.87. The van der Waals surface area contributed by atoms with Gasteiger partial charge in [-0.05, 0) is 60.6 Å². The molecule has 0 aliphatic heterocycles. The second-order valence-corrected chi connectivity index (χ2v) is 5.55. The molecule has 18 heavy (non-hydrogen) atoms. The standard InChI is InChI=1S/C13H16INO3/c1-2-18-10-6-9(7-10)15-13(17)8-3-4-11(14)12(16)5-8/h3-5,9-10,16H,2,6-7H2,1H3,(H,15,17). The van der Waals surface area contributed by atoms with Crippen molar-refractivity contribution in [1.29, 1.82) is 0 Å². The molecular formula is C13H16INO3. The predicted molar refractivity (Wildman–Crippen MR) is 76.7 cm³/mol. The number of amides is 1. The van der Waals surface area contributed by atoms with Crippen LogP contribution < -0.4 is 5.32 Å². The van der Waals surface area contributed by atoms with E-state index in [1.165, 1.54) is 6.07 Å². The minimum atomic E-state index is -0.137. The number of carbonyl (C=O) groups excluding carboxylic acids is 1. The van der Waals surface area contributed by atoms with E-state index in [-0.39, 0.29) is 23.8 Å². The summed E-state index contributed by atoms with van der Waals surface area (Å²) in [5.41, 5.74) is 0.493. The van der Waals surface area contributed by atoms with Gasteiger partial charge in [0.1, 0.15) is 5.75 Å². The Morgan fingerprint density at radius 1 is 1.56 bits per heavy atom. The van der Waals surface area contributed by atoms with E-state index in [0.29, 0.717) is 5.56 Å². The van der Waals surface area contributed by atoms with Crippen LogP contribution in [0.5, 0.6) is 5.75 Å². The van der Waals surface area contributed by atoms with Crippen molar-refractivity contribution < 1.29 is 14.6 Å². The number of halogens is 1. The number of nitrogens with one attached hydrogen (secondary N) is 1. The lowest BCUT2D eigenvalue weighted by molar-refractivity contribution is -0.00863. The lowest BCUT2D eigenvalue weighted by Gasteiger charge is -2.35. The summed E-state index contributed by atoms with van der Waals surface area (Å²) < 4.78 is 6.18. The van der Waals surface area contributed by atoms with Crippen molar-refractivity contribution in [3.63, 3.8) is 0 Å². The molecule has 0 atom stereocenters. The molecule has 0 saturated heterocycles. The smallest absolute Gasteiger partial charge is 0.251 e. The third kappa shape index (κ3) is 3.14. The molecule has 1 saturated carbocycles. The molecule has 5 heteroatoms. The van der Waals surface area contributed by atoms with Crippen LogP contribution in [0, 0.1) is 3.57 Å². The van der Waals surface area contributed by atoms with Crippen LogP contribution in [-0.4, -0.2) is 29.8 Å². The molecule has 0 unspecified atom stereocenters. The molecule has 1 aromatic carbocycles. The highest BCUT2D eigenvalue weighted by atomic mass is 127. The first-order valence-electron chi connectivity index (χ1n) is 6.01. The zero-order valence-corrected chi connectivity index (χ0v) is 12.3. The highest BCUT2D eigenvalue weighted by molar-refractivity contribution is 14.1. The SMILES string of the molecule is CCOC1CC(NC(=O)c2ccc(I)c(O)c2)C1. The quantitative estimate of drug-likeness (QED) is 0.810. The van der Waals surface area contributed by atoms with Crippen molar-refractivity contribution in [1.82, 2.24) is 5.32 Å². The number of benzene rings is 1. The second-order valence-electron chi connectivity index (χ2n) is 4.39. The van der Waals surface area contributed by atoms with Crippen molar-refractivity contribution in [3.05, 3.63) is 27.3 Å². The number of aromatic hydroxyl groups is 1. The van der Waals surface area contributed by atoms with Gasteiger partial charge >= 0.3 is 0 Å². The summed E-state index contributed by atoms with van der Waals surface area (Å²) in [4.78, 5) is 11.9. The van der Waals surface area contributed by atoms with Crippen LogP contribution in [0.4, 0.5) is 0 Å². The van der Waals surface area contributed by atoms with Crippen LogP contribution in [-0.2, 0) is 4.74 Å². The predicted octanol–water partition coefficient (Wildman–Crippen LogP) is 2.29. The molecule has 2 rings (SSSR count). The van der Waals surface area contributed by atoms with Gasteiger partial charge in [0, 0.05) is 18.2 Å². The maximum atomic E-state index is 11.9. The number of hydrogen-bond donors (Lipinski definition) is 2. The number of ether oxygens (including phenoxy) is 1. The van der Waals surface area contributed by atoms with Crippen LogP contribution in [0.1, 0.15) is 30.1 Å². The van der Waals surface area contributed by atoms with Gasteiger partial charge in [-0.25, -0.2) is 0 Å². The topological polar surface area (TPSA) is 58.6 Å². The van der Waals surface area contributed by atoms with Crippen LogP contribution in [0.15, 0.2) is 18.2 Å². The Morgan fingerprint density at radius 2 is 2.28 bits per heavy atom. The average molecular weight is 361 g/mol. The van der Waals surface area contributed by atoms with E-state index in [1.807, 2.05) is 29.5 Å². The average Bonchev–Trinajstić information content (AvgIpc) is 2.30. The number of carbonyl (C=O) groups is 1. The molecule has 1 amide bonds. The van der Waals surface area contributed by atoms with Gasteiger partial charge in [-0.1, -0.05) is 0 Å². The van der Waals surface area contributed by atoms with Crippen LogP contribution in [0.25, 0.3) is 0 Å². The lowest BCUT2D eigenvalue weighted by atomic mass is 9.89. The van der Waals surface area contributed by atoms with E-state index in [1.54, 1.807) is 12.1 Å². The van der Waals surface area contributed by atoms with Gasteiger partial charge in [-0.15, -0.1) is 0 Å². The molecule has 1 aliphatic carbocycles. The largest absolute Gasteiger partial charge is 0.507 e. The highest BCUT2D eigenvalue weighted by Crippen LogP contribution is 2.24. The van der Waals surface area contributed by atoms with Crippen molar-refractivity contribution in [2.75, 3.05) is 6.61 Å². The van der Waals surface area contributed by atoms with Gasteiger partial charge < -0.3 is 15.2 Å². The van der Waals surface area contributed by atoms with Crippen molar-refractivity contribution >= 4 is 28.5 Å². The molecule has 0 spiro atoms. The minimum absolute atomic E-state index is 0.137. The summed E-state index contributed by atoms with van der Waals surface area (Å²) in [7, 11) is 0. The zero-order valence-electron chi connectivity index (χ0n) is 10.1. The first-order valence-corrected chi connectivity index (χ1v) is 7.09. The van der Waals surface area contributed by atoms with E-state index in [0.717, 1.165) is 23.0 Å². The van der Waals surface area contributed by atoms with E-state index in [4.69, 9.17) is 4.74 Å². The Kier molecular flexibility index (Phi) is 4.45. The maximum absolute atomic E-state index is 11.9.